The highest BCUT2D eigenvalue weighted by atomic mass is 19.4. The largest absolute Gasteiger partial charge is 0.509 e. The fourth-order valence-corrected chi connectivity index (χ4v) is 1.03. The summed E-state index contributed by atoms with van der Waals surface area (Å²) in [6.45, 7) is -4.18. The van der Waals surface area contributed by atoms with E-state index in [0.717, 1.165) is 12.1 Å². The van der Waals surface area contributed by atoms with Gasteiger partial charge in [0.1, 0.15) is 12.4 Å². The average molecular weight is 219 g/mol. The first-order valence-electron chi connectivity index (χ1n) is 4.45. The van der Waals surface area contributed by atoms with E-state index in [1.165, 1.54) is 19.2 Å². The summed E-state index contributed by atoms with van der Waals surface area (Å²) in [5.41, 5.74) is -0.617. The van der Waals surface area contributed by atoms with Gasteiger partial charge in [-0.2, -0.15) is 0 Å². The molecule has 1 rings (SSSR count). The van der Waals surface area contributed by atoms with Crippen LogP contribution in [0.4, 0.5) is 12.9 Å². The number of rotatable bonds is 5. The fraction of sp³-hybridized carbons (Fsp3) is 0.333. The van der Waals surface area contributed by atoms with Crippen LogP contribution in [-0.2, 0) is 4.74 Å². The Bertz CT molecular complexity index is 297. The van der Waals surface area contributed by atoms with Crippen molar-refractivity contribution in [3.8, 4) is 5.75 Å². The van der Waals surface area contributed by atoms with Gasteiger partial charge in [-0.3, -0.25) is 0 Å². The van der Waals surface area contributed by atoms with Gasteiger partial charge in [-0.05, 0) is 12.1 Å². The Balaban J connectivity index is 2.57. The normalized spacial score (nSPS) is 11.5. The molecule has 0 aliphatic carbocycles. The summed E-state index contributed by atoms with van der Waals surface area (Å²) >= 11 is 0. The Kier molecular flexibility index (Phi) is 4.02. The van der Waals surface area contributed by atoms with Crippen molar-refractivity contribution >= 4 is 12.4 Å². The molecule has 0 radical (unpaired) electrons. The third kappa shape index (κ3) is 3.83. The molecule has 0 bridgehead atoms. The molecule has 0 aliphatic heterocycles. The molecule has 0 saturated heterocycles. The van der Waals surface area contributed by atoms with Crippen molar-refractivity contribution in [3.05, 3.63) is 24.3 Å². The van der Waals surface area contributed by atoms with E-state index in [1.54, 1.807) is 0 Å². The van der Waals surface area contributed by atoms with Crippen LogP contribution in [0.25, 0.3) is 0 Å². The van der Waals surface area contributed by atoms with Crippen LogP contribution in [0.2, 0.25) is 0 Å². The molecule has 0 amide bonds. The standard InChI is InChI=1S/C9H11BF3O2/c1-14-6-7-15-9-4-2-8(3-5-9)10(11,12)13/h2-5H,6-7H2,1H3/q-1. The summed E-state index contributed by atoms with van der Waals surface area (Å²) < 4.78 is 46.6. The zero-order valence-electron chi connectivity index (χ0n) is 8.25. The number of benzene rings is 1. The molecule has 0 N–H and O–H groups in total. The SMILES string of the molecule is COCCOc1ccc([B-](F)(F)F)cc1. The van der Waals surface area contributed by atoms with Crippen molar-refractivity contribution in [2.75, 3.05) is 20.3 Å². The Morgan fingerprint density at radius 3 is 2.13 bits per heavy atom. The maximum atomic E-state index is 12.2. The summed E-state index contributed by atoms with van der Waals surface area (Å²) in [7, 11) is 1.53. The molecule has 6 heteroatoms. The van der Waals surface area contributed by atoms with Gasteiger partial charge in [0.25, 0.3) is 0 Å². The quantitative estimate of drug-likeness (QED) is 0.554. The monoisotopic (exact) mass is 219 g/mol. The zero-order valence-corrected chi connectivity index (χ0v) is 8.25. The van der Waals surface area contributed by atoms with E-state index in [-0.39, 0.29) is 0 Å². The second-order valence-corrected chi connectivity index (χ2v) is 2.99. The highest BCUT2D eigenvalue weighted by molar-refractivity contribution is 6.73. The van der Waals surface area contributed by atoms with E-state index in [4.69, 9.17) is 9.47 Å². The van der Waals surface area contributed by atoms with Crippen LogP contribution in [-0.4, -0.2) is 27.3 Å². The lowest BCUT2D eigenvalue weighted by atomic mass is 9.80. The van der Waals surface area contributed by atoms with Crippen molar-refractivity contribution < 1.29 is 22.4 Å². The molecule has 84 valence electrons. The number of halogens is 3. The first kappa shape index (κ1) is 11.9. The predicted octanol–water partition coefficient (Wildman–Crippen LogP) is 1.77. The van der Waals surface area contributed by atoms with Crippen molar-refractivity contribution in [1.29, 1.82) is 0 Å². The average Bonchev–Trinajstić information content (AvgIpc) is 2.18. The van der Waals surface area contributed by atoms with Gasteiger partial charge in [-0.1, -0.05) is 12.1 Å². The third-order valence-electron chi connectivity index (χ3n) is 1.81. The lowest BCUT2D eigenvalue weighted by Crippen LogP contribution is -2.33. The Hall–Kier alpha value is -1.17. The predicted molar refractivity (Wildman–Crippen MR) is 52.5 cm³/mol. The van der Waals surface area contributed by atoms with E-state index < -0.39 is 12.4 Å². The number of ether oxygens (including phenoxy) is 2. The van der Waals surface area contributed by atoms with Gasteiger partial charge in [0, 0.05) is 7.11 Å². The minimum Gasteiger partial charge on any atom is -0.491 e. The summed E-state index contributed by atoms with van der Waals surface area (Å²) in [4.78, 5) is 0. The molecule has 0 heterocycles. The van der Waals surface area contributed by atoms with E-state index in [2.05, 4.69) is 0 Å². The van der Waals surface area contributed by atoms with Gasteiger partial charge < -0.3 is 22.4 Å². The molecule has 0 spiro atoms. The second-order valence-electron chi connectivity index (χ2n) is 2.99. The van der Waals surface area contributed by atoms with Gasteiger partial charge >= 0.3 is 6.98 Å². The molecular weight excluding hydrogens is 208 g/mol. The zero-order chi connectivity index (χ0) is 11.3. The molecule has 15 heavy (non-hydrogen) atoms. The molecule has 0 unspecified atom stereocenters. The topological polar surface area (TPSA) is 18.5 Å². The first-order chi connectivity index (χ1) is 7.04. The molecule has 0 atom stereocenters. The van der Waals surface area contributed by atoms with Gasteiger partial charge in [-0.15, -0.1) is 5.46 Å². The molecule has 2 nitrogen and oxygen atoms in total. The highest BCUT2D eigenvalue weighted by Crippen LogP contribution is 2.13. The van der Waals surface area contributed by atoms with Crippen LogP contribution in [0, 0.1) is 0 Å². The van der Waals surface area contributed by atoms with E-state index >= 15 is 0 Å². The van der Waals surface area contributed by atoms with Crippen LogP contribution in [0.5, 0.6) is 5.75 Å². The molecule has 0 saturated carbocycles. The van der Waals surface area contributed by atoms with Gasteiger partial charge in [-0.25, -0.2) is 0 Å². The Labute approximate surface area is 86.1 Å². The van der Waals surface area contributed by atoms with Crippen molar-refractivity contribution in [3.63, 3.8) is 0 Å². The number of methoxy groups -OCH3 is 1. The smallest absolute Gasteiger partial charge is 0.491 e. The van der Waals surface area contributed by atoms with Crippen LogP contribution in [0.1, 0.15) is 0 Å². The van der Waals surface area contributed by atoms with Crippen molar-refractivity contribution in [2.45, 2.75) is 0 Å². The summed E-state index contributed by atoms with van der Waals surface area (Å²) in [6.07, 6.45) is 0. The summed E-state index contributed by atoms with van der Waals surface area (Å²) in [6, 6.07) is 4.64. The lowest BCUT2D eigenvalue weighted by Gasteiger charge is -2.15. The highest BCUT2D eigenvalue weighted by Gasteiger charge is 2.24. The first-order valence-corrected chi connectivity index (χ1v) is 4.45. The number of hydrogen-bond acceptors (Lipinski definition) is 2. The minimum absolute atomic E-state index is 0.326. The van der Waals surface area contributed by atoms with Crippen LogP contribution in [0.15, 0.2) is 24.3 Å². The van der Waals surface area contributed by atoms with Gasteiger partial charge in [0.05, 0.1) is 6.61 Å². The van der Waals surface area contributed by atoms with Gasteiger partial charge in [0.2, 0.25) is 0 Å². The van der Waals surface area contributed by atoms with Crippen LogP contribution in [0.3, 0.4) is 0 Å². The minimum atomic E-state index is -4.92. The molecule has 0 aliphatic rings. The summed E-state index contributed by atoms with van der Waals surface area (Å²) in [5, 5.41) is 0. The van der Waals surface area contributed by atoms with Crippen molar-refractivity contribution in [2.24, 2.45) is 0 Å². The van der Waals surface area contributed by atoms with Crippen LogP contribution < -0.4 is 10.2 Å². The molecule has 0 fully saturated rings. The molecule has 1 aromatic rings. The molecule has 1 aromatic carbocycles. The Morgan fingerprint density at radius 1 is 1.07 bits per heavy atom. The van der Waals surface area contributed by atoms with Crippen LogP contribution >= 0.6 is 0 Å². The molecule has 0 aromatic heterocycles. The lowest BCUT2D eigenvalue weighted by molar-refractivity contribution is 0.146. The third-order valence-corrected chi connectivity index (χ3v) is 1.81. The van der Waals surface area contributed by atoms with E-state index in [1.807, 2.05) is 0 Å². The van der Waals surface area contributed by atoms with E-state index in [9.17, 15) is 12.9 Å². The van der Waals surface area contributed by atoms with Gasteiger partial charge in [0.15, 0.2) is 0 Å². The summed E-state index contributed by atoms with van der Waals surface area (Å²) in [5.74, 6) is 0.413. The Morgan fingerprint density at radius 2 is 1.67 bits per heavy atom. The van der Waals surface area contributed by atoms with Crippen molar-refractivity contribution in [1.82, 2.24) is 0 Å². The number of hydrogen-bond donors (Lipinski definition) is 0. The van der Waals surface area contributed by atoms with E-state index in [0.29, 0.717) is 19.0 Å². The maximum Gasteiger partial charge on any atom is 0.509 e. The maximum absolute atomic E-state index is 12.2. The fourth-order valence-electron chi connectivity index (χ4n) is 1.03. The molecular formula is C9H11BF3O2-. The second kappa shape index (κ2) is 5.07.